The molecule has 1 aliphatic rings. The average Bonchev–Trinajstić information content (AvgIpc) is 2.94. The Hall–Kier alpha value is -1.11. The second-order valence-electron chi connectivity index (χ2n) is 7.72. The minimum Gasteiger partial charge on any atom is -0.481 e. The summed E-state index contributed by atoms with van der Waals surface area (Å²) in [7, 11) is 0. The van der Waals surface area contributed by atoms with Crippen molar-refractivity contribution in [3.63, 3.8) is 0 Å². The van der Waals surface area contributed by atoms with Crippen molar-refractivity contribution >= 4 is 51.1 Å². The summed E-state index contributed by atoms with van der Waals surface area (Å²) >= 11 is 16.6. The van der Waals surface area contributed by atoms with Crippen molar-refractivity contribution in [2.45, 2.75) is 68.7 Å². The Kier molecular flexibility index (Phi) is 10.6. The van der Waals surface area contributed by atoms with Gasteiger partial charge in [0, 0.05) is 23.5 Å². The van der Waals surface area contributed by atoms with E-state index in [1.165, 1.54) is 6.92 Å². The molecule has 0 saturated heterocycles. The maximum absolute atomic E-state index is 11.0. The summed E-state index contributed by atoms with van der Waals surface area (Å²) in [5, 5.41) is 9.15. The van der Waals surface area contributed by atoms with Crippen LogP contribution in [-0.4, -0.2) is 32.2 Å². The highest BCUT2D eigenvalue weighted by Gasteiger charge is 2.39. The number of ether oxygens (including phenoxy) is 1. The van der Waals surface area contributed by atoms with E-state index in [-0.39, 0.29) is 29.2 Å². The van der Waals surface area contributed by atoms with Gasteiger partial charge in [-0.25, -0.2) is 4.98 Å². The van der Waals surface area contributed by atoms with Crippen LogP contribution < -0.4 is 0 Å². The number of pyridine rings is 1. The molecule has 0 amide bonds. The van der Waals surface area contributed by atoms with Crippen molar-refractivity contribution in [1.82, 2.24) is 4.98 Å². The van der Waals surface area contributed by atoms with E-state index in [0.717, 1.165) is 37.7 Å². The van der Waals surface area contributed by atoms with E-state index < -0.39 is 5.97 Å². The first-order valence-corrected chi connectivity index (χ1v) is 11.9. The molecule has 0 aliphatic heterocycles. The third-order valence-corrected chi connectivity index (χ3v) is 7.42. The van der Waals surface area contributed by atoms with Crippen LogP contribution in [0.4, 0.5) is 0 Å². The van der Waals surface area contributed by atoms with E-state index in [1.54, 1.807) is 0 Å². The molecule has 1 aromatic heterocycles. The molecule has 1 fully saturated rings. The van der Waals surface area contributed by atoms with Crippen molar-refractivity contribution < 1.29 is 19.4 Å². The minimum absolute atomic E-state index is 0.0632. The van der Waals surface area contributed by atoms with Crippen LogP contribution in [0.15, 0.2) is 24.3 Å². The van der Waals surface area contributed by atoms with Gasteiger partial charge in [0.25, 0.3) is 0 Å². The smallest absolute Gasteiger partial charge is 0.303 e. The van der Waals surface area contributed by atoms with E-state index in [2.05, 4.69) is 33.1 Å². The Bertz CT molecular complexity index is 759. The van der Waals surface area contributed by atoms with Gasteiger partial charge in [0.2, 0.25) is 0 Å². The number of nitrogens with zero attached hydrogens (tertiary/aromatic N) is 1. The standard InChI is InChI=1S/C22H28BrCl2NO4/c1-14(27)30-13-17-10-15(11-20(24)26-17)8-9-18-16(12-19(23)22(18)25)6-4-2-3-5-7-21(28)29/h2,4,10-11,16,18-19,22H,3,5-9,12-13H2,1H3,(H,28,29)/t16-,18+,19?,22?/m0/s1. The number of halogens is 3. The number of aryl methyl sites for hydroxylation is 1. The Morgan fingerprint density at radius 2 is 2.13 bits per heavy atom. The van der Waals surface area contributed by atoms with Gasteiger partial charge in [-0.3, -0.25) is 9.59 Å². The normalized spacial score (nSPS) is 23.7. The maximum Gasteiger partial charge on any atom is 0.303 e. The zero-order valence-electron chi connectivity index (χ0n) is 17.0. The summed E-state index contributed by atoms with van der Waals surface area (Å²) in [5.41, 5.74) is 1.70. The lowest BCUT2D eigenvalue weighted by atomic mass is 9.87. The molecule has 2 rings (SSSR count). The number of carbonyl (C=O) groups excluding carboxylic acids is 1. The number of unbranched alkanes of at least 4 members (excludes halogenated alkanes) is 1. The molecular weight excluding hydrogens is 493 g/mol. The lowest BCUT2D eigenvalue weighted by molar-refractivity contribution is -0.142. The number of aromatic nitrogens is 1. The van der Waals surface area contributed by atoms with Crippen molar-refractivity contribution in [3.05, 3.63) is 40.7 Å². The number of hydrogen-bond donors (Lipinski definition) is 1. The molecule has 2 unspecified atom stereocenters. The monoisotopic (exact) mass is 519 g/mol. The van der Waals surface area contributed by atoms with E-state index in [9.17, 15) is 9.59 Å². The number of rotatable bonds is 11. The van der Waals surface area contributed by atoms with Crippen LogP contribution in [0, 0.1) is 11.8 Å². The lowest BCUT2D eigenvalue weighted by Crippen LogP contribution is -2.18. The summed E-state index contributed by atoms with van der Waals surface area (Å²) in [6, 6.07) is 3.77. The second kappa shape index (κ2) is 12.7. The van der Waals surface area contributed by atoms with Crippen LogP contribution in [0.5, 0.6) is 0 Å². The van der Waals surface area contributed by atoms with Gasteiger partial charge in [-0.1, -0.05) is 39.7 Å². The van der Waals surface area contributed by atoms with Crippen LogP contribution in [0.3, 0.4) is 0 Å². The van der Waals surface area contributed by atoms with Crippen molar-refractivity contribution in [1.29, 1.82) is 0 Å². The largest absolute Gasteiger partial charge is 0.481 e. The highest BCUT2D eigenvalue weighted by Crippen LogP contribution is 2.44. The highest BCUT2D eigenvalue weighted by atomic mass is 79.9. The summed E-state index contributed by atoms with van der Waals surface area (Å²) in [6.45, 7) is 1.48. The van der Waals surface area contributed by atoms with Crippen molar-refractivity contribution in [2.24, 2.45) is 11.8 Å². The molecular formula is C22H28BrCl2NO4. The summed E-state index contributed by atoms with van der Waals surface area (Å²) in [5.74, 6) is -0.260. The van der Waals surface area contributed by atoms with Gasteiger partial charge in [-0.15, -0.1) is 11.6 Å². The fourth-order valence-electron chi connectivity index (χ4n) is 3.89. The SMILES string of the molecule is CC(=O)OCc1cc(CC[C@H]2C(Cl)C(Br)C[C@@H]2CC=CCCCC(=O)O)cc(Cl)n1. The molecule has 5 nitrogen and oxygen atoms in total. The average molecular weight is 521 g/mol. The topological polar surface area (TPSA) is 76.5 Å². The molecule has 1 saturated carbocycles. The zero-order valence-corrected chi connectivity index (χ0v) is 20.1. The van der Waals surface area contributed by atoms with Crippen LogP contribution in [0.2, 0.25) is 5.15 Å². The molecule has 1 heterocycles. The van der Waals surface area contributed by atoms with E-state index in [1.807, 2.05) is 12.1 Å². The lowest BCUT2D eigenvalue weighted by Gasteiger charge is -2.21. The molecule has 1 N–H and O–H groups in total. The Morgan fingerprint density at radius 3 is 2.83 bits per heavy atom. The van der Waals surface area contributed by atoms with Crippen LogP contribution in [-0.2, 0) is 27.4 Å². The molecule has 8 heteroatoms. The minimum atomic E-state index is -0.751. The van der Waals surface area contributed by atoms with Crippen LogP contribution in [0.25, 0.3) is 0 Å². The van der Waals surface area contributed by atoms with Gasteiger partial charge in [-0.2, -0.15) is 0 Å². The number of esters is 1. The van der Waals surface area contributed by atoms with Gasteiger partial charge in [0.05, 0.1) is 5.69 Å². The molecule has 0 bridgehead atoms. The molecule has 1 aromatic rings. The fourth-order valence-corrected chi connectivity index (χ4v) is 5.44. The first kappa shape index (κ1) is 25.2. The van der Waals surface area contributed by atoms with E-state index in [0.29, 0.717) is 29.1 Å². The number of hydrogen-bond acceptors (Lipinski definition) is 4. The number of alkyl halides is 2. The molecule has 1 aliphatic carbocycles. The Morgan fingerprint density at radius 1 is 1.37 bits per heavy atom. The van der Waals surface area contributed by atoms with Gasteiger partial charge in [-0.05, 0) is 68.1 Å². The van der Waals surface area contributed by atoms with Gasteiger partial charge >= 0.3 is 11.9 Å². The Balaban J connectivity index is 1.92. The number of carboxylic acids is 1. The molecule has 4 atom stereocenters. The fraction of sp³-hybridized carbons (Fsp3) is 0.591. The Labute approximate surface area is 196 Å². The van der Waals surface area contributed by atoms with Gasteiger partial charge < -0.3 is 9.84 Å². The molecule has 0 aromatic carbocycles. The van der Waals surface area contributed by atoms with E-state index >= 15 is 0 Å². The van der Waals surface area contributed by atoms with Crippen molar-refractivity contribution in [2.75, 3.05) is 0 Å². The first-order chi connectivity index (χ1) is 14.3. The third kappa shape index (κ3) is 8.56. The van der Waals surface area contributed by atoms with Gasteiger partial charge in [0.15, 0.2) is 0 Å². The van der Waals surface area contributed by atoms with Crippen LogP contribution in [0.1, 0.15) is 56.7 Å². The van der Waals surface area contributed by atoms with Crippen molar-refractivity contribution in [3.8, 4) is 0 Å². The van der Waals surface area contributed by atoms with Crippen LogP contribution >= 0.6 is 39.1 Å². The number of carboxylic acid groups (broad SMARTS) is 1. The molecule has 0 radical (unpaired) electrons. The number of allylic oxidation sites excluding steroid dienone is 2. The summed E-state index contributed by atoms with van der Waals surface area (Å²) in [4.78, 5) is 26.1. The highest BCUT2D eigenvalue weighted by molar-refractivity contribution is 9.09. The molecule has 166 valence electrons. The third-order valence-electron chi connectivity index (χ3n) is 5.35. The molecule has 0 spiro atoms. The maximum atomic E-state index is 11.0. The molecule has 30 heavy (non-hydrogen) atoms. The summed E-state index contributed by atoms with van der Waals surface area (Å²) in [6.07, 6.45) is 9.61. The van der Waals surface area contributed by atoms with Gasteiger partial charge in [0.1, 0.15) is 11.8 Å². The summed E-state index contributed by atoms with van der Waals surface area (Å²) < 4.78 is 5.02. The first-order valence-electron chi connectivity index (χ1n) is 10.2. The second-order valence-corrected chi connectivity index (χ2v) is 9.79. The zero-order chi connectivity index (χ0) is 22.1. The van der Waals surface area contributed by atoms with E-state index in [4.69, 9.17) is 33.0 Å². The number of carbonyl (C=O) groups is 2. The number of aliphatic carboxylic acids is 1. The predicted molar refractivity (Wildman–Crippen MR) is 122 cm³/mol. The predicted octanol–water partition coefficient (Wildman–Crippen LogP) is 5.94. The quantitative estimate of drug-likeness (QED) is 0.128.